The van der Waals surface area contributed by atoms with Crippen molar-refractivity contribution in [2.24, 2.45) is 0 Å². The molecule has 8 aromatic rings. The summed E-state index contributed by atoms with van der Waals surface area (Å²) in [6, 6.07) is 33.4. The van der Waals surface area contributed by atoms with Crippen molar-refractivity contribution in [3.8, 4) is 45.0 Å². The predicted octanol–water partition coefficient (Wildman–Crippen LogP) is 8.11. The Morgan fingerprint density at radius 2 is 0.575 bits per heavy atom. The van der Waals surface area contributed by atoms with Crippen LogP contribution < -0.4 is 0 Å². The molecule has 0 unspecified atom stereocenters. The molecule has 2 N–H and O–H groups in total. The van der Waals surface area contributed by atoms with Crippen LogP contribution in [0.3, 0.4) is 0 Å². The summed E-state index contributed by atoms with van der Waals surface area (Å²) in [5.41, 5.74) is 10.9. The van der Waals surface area contributed by atoms with Gasteiger partial charge in [-0.3, -0.25) is 0 Å². The number of nitrogens with one attached hydrogen (secondary N) is 2. The number of fused-ring (bicyclic) bond motifs is 16. The van der Waals surface area contributed by atoms with Crippen molar-refractivity contribution >= 4 is 54.9 Å². The van der Waals surface area contributed by atoms with E-state index >= 15 is 0 Å². The first-order valence-electron chi connectivity index (χ1n) is 13.3. The summed E-state index contributed by atoms with van der Waals surface area (Å²) in [4.78, 5) is 28.5. The predicted molar refractivity (Wildman–Crippen MR) is 160 cm³/mol. The van der Waals surface area contributed by atoms with E-state index in [-0.39, 0.29) is 0 Å². The molecule has 4 aromatic carbocycles. The Hall–Kier alpha value is -5.62. The van der Waals surface area contributed by atoms with Gasteiger partial charge < -0.3 is 9.97 Å². The Morgan fingerprint density at radius 3 is 0.850 bits per heavy atom. The number of nitrogens with zero attached hydrogens (tertiary/aromatic N) is 4. The molecular formula is C34H18N6. The van der Waals surface area contributed by atoms with E-state index in [2.05, 4.69) is 82.8 Å². The van der Waals surface area contributed by atoms with Crippen LogP contribution in [0.2, 0.25) is 0 Å². The van der Waals surface area contributed by atoms with Gasteiger partial charge in [-0.2, -0.15) is 0 Å². The lowest BCUT2D eigenvalue weighted by atomic mass is 10.1. The Labute approximate surface area is 226 Å². The molecule has 40 heavy (non-hydrogen) atoms. The Kier molecular flexibility index (Phi) is 3.60. The monoisotopic (exact) mass is 510 g/mol. The number of aromatic amines is 2. The van der Waals surface area contributed by atoms with Gasteiger partial charge in [-0.1, -0.05) is 97.1 Å². The zero-order valence-corrected chi connectivity index (χ0v) is 21.0. The van der Waals surface area contributed by atoms with E-state index < -0.39 is 0 Å². The zero-order valence-electron chi connectivity index (χ0n) is 21.0. The van der Waals surface area contributed by atoms with Crippen LogP contribution in [-0.4, -0.2) is 29.9 Å². The Bertz CT molecular complexity index is 2160. The molecule has 6 heteroatoms. The maximum atomic E-state index is 5.35. The molecule has 4 bridgehead atoms. The fraction of sp³-hybridized carbons (Fsp3) is 0. The van der Waals surface area contributed by atoms with Gasteiger partial charge in [0, 0.05) is 54.6 Å². The van der Waals surface area contributed by atoms with E-state index in [1.54, 1.807) is 0 Å². The van der Waals surface area contributed by atoms with Gasteiger partial charge in [0.15, 0.2) is 0 Å². The number of H-pyrrole nitrogens is 2. The van der Waals surface area contributed by atoms with Crippen molar-refractivity contribution in [3.63, 3.8) is 0 Å². The second-order valence-corrected chi connectivity index (χ2v) is 10.4. The number of benzene rings is 4. The van der Waals surface area contributed by atoms with Crippen LogP contribution in [0.15, 0.2) is 97.1 Å². The Balaban J connectivity index is 1.60. The summed E-state index contributed by atoms with van der Waals surface area (Å²) in [6.45, 7) is 0. The van der Waals surface area contributed by atoms with Crippen LogP contribution >= 0.6 is 0 Å². The van der Waals surface area contributed by atoms with Crippen molar-refractivity contribution < 1.29 is 0 Å². The average Bonchev–Trinajstić information content (AvgIpc) is 3.72. The number of hydrogen-bond donors (Lipinski definition) is 2. The van der Waals surface area contributed by atoms with Crippen molar-refractivity contribution in [1.82, 2.24) is 29.9 Å². The molecule has 0 saturated carbocycles. The van der Waals surface area contributed by atoms with E-state index in [1.165, 1.54) is 0 Å². The summed E-state index contributed by atoms with van der Waals surface area (Å²) in [6.07, 6.45) is 0. The highest BCUT2D eigenvalue weighted by molar-refractivity contribution is 6.23. The van der Waals surface area contributed by atoms with Crippen LogP contribution in [0.5, 0.6) is 0 Å². The van der Waals surface area contributed by atoms with E-state index in [0.29, 0.717) is 0 Å². The normalized spacial score (nSPS) is 12.5. The maximum absolute atomic E-state index is 5.35. The van der Waals surface area contributed by atoms with Crippen molar-refractivity contribution in [2.75, 3.05) is 0 Å². The Morgan fingerprint density at radius 1 is 0.325 bits per heavy atom. The summed E-state index contributed by atoms with van der Waals surface area (Å²) in [7, 11) is 0. The maximum Gasteiger partial charge on any atom is 0.140 e. The van der Waals surface area contributed by atoms with E-state index in [4.69, 9.17) is 19.9 Å². The lowest BCUT2D eigenvalue weighted by Gasteiger charge is -1.99. The van der Waals surface area contributed by atoms with Gasteiger partial charge in [0.05, 0.1) is 22.8 Å². The topological polar surface area (TPSA) is 83.1 Å². The molecule has 0 saturated heterocycles. The molecule has 184 valence electrons. The number of hydrogen-bond acceptors (Lipinski definition) is 4. The molecule has 0 aliphatic heterocycles. The lowest BCUT2D eigenvalue weighted by molar-refractivity contribution is 1.33. The third kappa shape index (κ3) is 2.44. The van der Waals surface area contributed by atoms with Crippen LogP contribution in [0.25, 0.3) is 99.9 Å². The molecule has 2 aliphatic carbocycles. The first-order valence-corrected chi connectivity index (χ1v) is 13.3. The first kappa shape index (κ1) is 20.4. The zero-order chi connectivity index (χ0) is 25.9. The van der Waals surface area contributed by atoms with Gasteiger partial charge in [-0.05, 0) is 0 Å². The minimum absolute atomic E-state index is 0.799. The van der Waals surface area contributed by atoms with Gasteiger partial charge in [-0.25, -0.2) is 19.9 Å². The second-order valence-electron chi connectivity index (χ2n) is 10.4. The summed E-state index contributed by atoms with van der Waals surface area (Å²) in [5.74, 6) is 0. The standard InChI is InChI=1S/C34H18N6/c1-2-10-18-17(9-1)27-25-26-29(37-33-22-14-6-5-13-21(22)31(35-27)39-33)19-11-3-4-12-20(19)30(26)38-34-24-16-8-7-15-23(24)32(40-34)36-28(18)25/h1-16H,(H,35,37,39)(H,36,38,40). The van der Waals surface area contributed by atoms with Crippen molar-refractivity contribution in [2.45, 2.75) is 0 Å². The molecule has 6 nitrogen and oxygen atoms in total. The van der Waals surface area contributed by atoms with Gasteiger partial charge in [0.1, 0.15) is 22.6 Å². The molecule has 10 rings (SSSR count). The number of rotatable bonds is 0. The van der Waals surface area contributed by atoms with E-state index in [0.717, 1.165) is 99.9 Å². The van der Waals surface area contributed by atoms with Crippen molar-refractivity contribution in [3.05, 3.63) is 97.1 Å². The molecule has 0 spiro atoms. The summed E-state index contributed by atoms with van der Waals surface area (Å²) in [5, 5.41) is 6.12. The van der Waals surface area contributed by atoms with Gasteiger partial charge >= 0.3 is 0 Å². The fourth-order valence-electron chi connectivity index (χ4n) is 6.58. The summed E-state index contributed by atoms with van der Waals surface area (Å²) < 4.78 is 0. The highest BCUT2D eigenvalue weighted by Gasteiger charge is 2.30. The van der Waals surface area contributed by atoms with E-state index in [9.17, 15) is 0 Å². The van der Waals surface area contributed by atoms with Gasteiger partial charge in [0.25, 0.3) is 0 Å². The lowest BCUT2D eigenvalue weighted by Crippen LogP contribution is -1.82. The quantitative estimate of drug-likeness (QED) is 0.216. The minimum atomic E-state index is 0.799. The number of aromatic nitrogens is 6. The fourth-order valence-corrected chi connectivity index (χ4v) is 6.58. The second kappa shape index (κ2) is 7.07. The molecule has 0 atom stereocenters. The van der Waals surface area contributed by atoms with Crippen molar-refractivity contribution in [1.29, 1.82) is 0 Å². The van der Waals surface area contributed by atoms with Crippen LogP contribution in [0, 0.1) is 0 Å². The molecule has 0 radical (unpaired) electrons. The molecule has 0 amide bonds. The van der Waals surface area contributed by atoms with Crippen LogP contribution in [0.1, 0.15) is 0 Å². The molecule has 4 heterocycles. The van der Waals surface area contributed by atoms with E-state index in [1.807, 2.05) is 24.3 Å². The molecule has 4 aromatic heterocycles. The van der Waals surface area contributed by atoms with Crippen LogP contribution in [-0.2, 0) is 0 Å². The molecule has 2 aliphatic rings. The third-order valence-electron chi connectivity index (χ3n) is 8.31. The minimum Gasteiger partial charge on any atom is -0.324 e. The van der Waals surface area contributed by atoms with Gasteiger partial charge in [-0.15, -0.1) is 0 Å². The van der Waals surface area contributed by atoms with Gasteiger partial charge in [0.2, 0.25) is 0 Å². The third-order valence-corrected chi connectivity index (χ3v) is 8.31. The largest absolute Gasteiger partial charge is 0.324 e. The first-order chi connectivity index (χ1) is 19.8. The SMILES string of the molecule is c1ccc2c(c1)-c1nc3[nH]c(nc4c5c(nc6[nH]c(nc-2c15)c1ccccc61)-c1ccccc1-4)c1ccccc31. The summed E-state index contributed by atoms with van der Waals surface area (Å²) >= 11 is 0. The smallest absolute Gasteiger partial charge is 0.140 e. The average molecular weight is 511 g/mol. The molecule has 0 fully saturated rings. The highest BCUT2D eigenvalue weighted by atomic mass is 15.0. The molecular weight excluding hydrogens is 492 g/mol. The van der Waals surface area contributed by atoms with Crippen LogP contribution in [0.4, 0.5) is 0 Å². The highest BCUT2D eigenvalue weighted by Crippen LogP contribution is 2.51.